The molecule has 0 amide bonds. The molecule has 2 aromatic rings. The van der Waals surface area contributed by atoms with Crippen LogP contribution in [0, 0.1) is 0 Å². The Balaban J connectivity index is 2.48. The Kier molecular flexibility index (Phi) is 2.91. The first-order valence-electron chi connectivity index (χ1n) is 4.36. The van der Waals surface area contributed by atoms with E-state index in [4.69, 9.17) is 5.11 Å². The fourth-order valence-electron chi connectivity index (χ4n) is 1.18. The van der Waals surface area contributed by atoms with E-state index in [2.05, 4.69) is 31.1 Å². The molecule has 0 aliphatic carbocycles. The van der Waals surface area contributed by atoms with Crippen LogP contribution in [0.2, 0.25) is 0 Å². The molecule has 16 heavy (non-hydrogen) atoms. The molecule has 0 fully saturated rings. The summed E-state index contributed by atoms with van der Waals surface area (Å²) in [4.78, 5) is 14.6. The van der Waals surface area contributed by atoms with Gasteiger partial charge in [-0.05, 0) is 12.1 Å². The summed E-state index contributed by atoms with van der Waals surface area (Å²) < 4.78 is 0.889. The zero-order valence-corrected chi connectivity index (χ0v) is 9.55. The molecule has 6 heteroatoms. The average Bonchev–Trinajstić information content (AvgIpc) is 2.29. The molecule has 0 radical (unpaired) electrons. The molecular formula is C10H6BrN3O2. The number of hydrogen-bond acceptors (Lipinski definition) is 4. The van der Waals surface area contributed by atoms with Crippen molar-refractivity contribution in [2.75, 3.05) is 0 Å². The minimum atomic E-state index is -1.19. The summed E-state index contributed by atoms with van der Waals surface area (Å²) in [6.07, 6.45) is 1.42. The number of nitrogens with zero attached hydrogens (tertiary/aromatic N) is 3. The number of aromatic nitrogens is 3. The highest BCUT2D eigenvalue weighted by molar-refractivity contribution is 9.10. The van der Waals surface area contributed by atoms with E-state index in [1.54, 1.807) is 0 Å². The number of carbonyl (C=O) groups is 1. The number of carboxylic acid groups (broad SMARTS) is 1. The van der Waals surface area contributed by atoms with Crippen LogP contribution in [0.5, 0.6) is 0 Å². The molecule has 1 heterocycles. The highest BCUT2D eigenvalue weighted by atomic mass is 79.9. The van der Waals surface area contributed by atoms with Crippen molar-refractivity contribution in [3.8, 4) is 11.3 Å². The number of halogens is 1. The maximum atomic E-state index is 10.7. The number of hydrogen-bond donors (Lipinski definition) is 1. The molecule has 1 aromatic heterocycles. The molecular weight excluding hydrogens is 274 g/mol. The first-order chi connectivity index (χ1) is 7.66. The molecule has 1 aromatic carbocycles. The molecule has 0 aliphatic heterocycles. The molecule has 0 aliphatic rings. The van der Waals surface area contributed by atoms with Gasteiger partial charge in [0.15, 0.2) is 0 Å². The van der Waals surface area contributed by atoms with E-state index in [1.165, 1.54) is 6.20 Å². The van der Waals surface area contributed by atoms with E-state index in [0.29, 0.717) is 5.69 Å². The Morgan fingerprint density at radius 3 is 2.88 bits per heavy atom. The summed E-state index contributed by atoms with van der Waals surface area (Å²) in [6, 6.07) is 7.36. The van der Waals surface area contributed by atoms with Crippen LogP contribution >= 0.6 is 15.9 Å². The van der Waals surface area contributed by atoms with Crippen LogP contribution in [-0.2, 0) is 0 Å². The fraction of sp³-hybridized carbons (Fsp3) is 0. The average molecular weight is 280 g/mol. The summed E-state index contributed by atoms with van der Waals surface area (Å²) in [6.45, 7) is 0. The van der Waals surface area contributed by atoms with E-state index in [9.17, 15) is 4.79 Å². The smallest absolute Gasteiger partial charge is 0.375 e. The van der Waals surface area contributed by atoms with Crippen molar-refractivity contribution < 1.29 is 9.90 Å². The molecule has 0 saturated carbocycles. The van der Waals surface area contributed by atoms with Crippen LogP contribution in [-0.4, -0.2) is 26.3 Å². The minimum Gasteiger partial charge on any atom is -0.475 e. The topological polar surface area (TPSA) is 76.0 Å². The van der Waals surface area contributed by atoms with Gasteiger partial charge >= 0.3 is 5.97 Å². The Hall–Kier alpha value is -1.82. The molecule has 1 N–H and O–H groups in total. The van der Waals surface area contributed by atoms with Crippen molar-refractivity contribution in [2.45, 2.75) is 0 Å². The number of carboxylic acids is 1. The normalized spacial score (nSPS) is 10.1. The maximum Gasteiger partial charge on any atom is 0.375 e. The Labute approximate surface area is 99.3 Å². The SMILES string of the molecule is O=C(O)c1nncc(-c2cccc(Br)c2)n1. The van der Waals surface area contributed by atoms with Crippen molar-refractivity contribution >= 4 is 21.9 Å². The molecule has 0 bridgehead atoms. The molecule has 80 valence electrons. The second kappa shape index (κ2) is 4.36. The highest BCUT2D eigenvalue weighted by Crippen LogP contribution is 2.20. The van der Waals surface area contributed by atoms with Gasteiger partial charge in [0.2, 0.25) is 0 Å². The highest BCUT2D eigenvalue weighted by Gasteiger charge is 2.09. The van der Waals surface area contributed by atoms with Gasteiger partial charge < -0.3 is 5.11 Å². The Morgan fingerprint density at radius 2 is 2.19 bits per heavy atom. The second-order valence-corrected chi connectivity index (χ2v) is 3.90. The number of benzene rings is 1. The predicted molar refractivity (Wildman–Crippen MR) is 59.9 cm³/mol. The van der Waals surface area contributed by atoms with E-state index in [1.807, 2.05) is 24.3 Å². The van der Waals surface area contributed by atoms with Crippen LogP contribution in [0.3, 0.4) is 0 Å². The monoisotopic (exact) mass is 279 g/mol. The van der Waals surface area contributed by atoms with E-state index >= 15 is 0 Å². The van der Waals surface area contributed by atoms with Gasteiger partial charge in [0.25, 0.3) is 5.82 Å². The van der Waals surface area contributed by atoms with E-state index < -0.39 is 5.97 Å². The van der Waals surface area contributed by atoms with E-state index in [-0.39, 0.29) is 5.82 Å². The lowest BCUT2D eigenvalue weighted by atomic mass is 10.2. The molecule has 0 saturated heterocycles. The number of aromatic carboxylic acids is 1. The second-order valence-electron chi connectivity index (χ2n) is 2.98. The fourth-order valence-corrected chi connectivity index (χ4v) is 1.58. The van der Waals surface area contributed by atoms with Crippen LogP contribution in [0.15, 0.2) is 34.9 Å². The summed E-state index contributed by atoms with van der Waals surface area (Å²) in [5.74, 6) is -1.50. The largest absolute Gasteiger partial charge is 0.475 e. The zero-order chi connectivity index (χ0) is 11.5. The first kappa shape index (κ1) is 10.7. The van der Waals surface area contributed by atoms with Crippen molar-refractivity contribution in [3.63, 3.8) is 0 Å². The third-order valence-electron chi connectivity index (χ3n) is 1.87. The van der Waals surface area contributed by atoms with Crippen molar-refractivity contribution in [1.82, 2.24) is 15.2 Å². The van der Waals surface area contributed by atoms with Gasteiger partial charge in [-0.25, -0.2) is 9.78 Å². The lowest BCUT2D eigenvalue weighted by Gasteiger charge is -2.00. The van der Waals surface area contributed by atoms with Crippen LogP contribution < -0.4 is 0 Å². The van der Waals surface area contributed by atoms with Gasteiger partial charge in [-0.2, -0.15) is 5.10 Å². The van der Waals surface area contributed by atoms with Crippen LogP contribution in [0.4, 0.5) is 0 Å². The summed E-state index contributed by atoms with van der Waals surface area (Å²) in [7, 11) is 0. The summed E-state index contributed by atoms with van der Waals surface area (Å²) in [5, 5.41) is 15.8. The van der Waals surface area contributed by atoms with Crippen molar-refractivity contribution in [1.29, 1.82) is 0 Å². The lowest BCUT2D eigenvalue weighted by Crippen LogP contribution is -2.06. The molecule has 0 unspecified atom stereocenters. The van der Waals surface area contributed by atoms with Crippen LogP contribution in [0.25, 0.3) is 11.3 Å². The summed E-state index contributed by atoms with van der Waals surface area (Å²) in [5.41, 5.74) is 1.26. The lowest BCUT2D eigenvalue weighted by molar-refractivity contribution is 0.0682. The third-order valence-corrected chi connectivity index (χ3v) is 2.36. The molecule has 0 atom stereocenters. The first-order valence-corrected chi connectivity index (χ1v) is 5.15. The van der Waals surface area contributed by atoms with Gasteiger partial charge in [0, 0.05) is 10.0 Å². The Morgan fingerprint density at radius 1 is 1.38 bits per heavy atom. The summed E-state index contributed by atoms with van der Waals surface area (Å²) >= 11 is 3.33. The van der Waals surface area contributed by atoms with E-state index in [0.717, 1.165) is 10.0 Å². The van der Waals surface area contributed by atoms with Crippen molar-refractivity contribution in [2.24, 2.45) is 0 Å². The van der Waals surface area contributed by atoms with Gasteiger partial charge in [-0.3, -0.25) is 0 Å². The van der Waals surface area contributed by atoms with Gasteiger partial charge in [-0.15, -0.1) is 5.10 Å². The van der Waals surface area contributed by atoms with Gasteiger partial charge in [0.1, 0.15) is 0 Å². The molecule has 2 rings (SSSR count). The molecule has 0 spiro atoms. The zero-order valence-electron chi connectivity index (χ0n) is 7.96. The third kappa shape index (κ3) is 2.22. The van der Waals surface area contributed by atoms with Crippen molar-refractivity contribution in [3.05, 3.63) is 40.8 Å². The molecule has 5 nitrogen and oxygen atoms in total. The maximum absolute atomic E-state index is 10.7. The van der Waals surface area contributed by atoms with Gasteiger partial charge in [-0.1, -0.05) is 28.1 Å². The standard InChI is InChI=1S/C10H6BrN3O2/c11-7-3-1-2-6(4-7)8-5-12-14-9(13-8)10(15)16/h1-5H,(H,15,16). The van der Waals surface area contributed by atoms with Crippen LogP contribution in [0.1, 0.15) is 10.6 Å². The quantitative estimate of drug-likeness (QED) is 0.910. The minimum absolute atomic E-state index is 0.308. The predicted octanol–water partition coefficient (Wildman–Crippen LogP) is 2.00. The number of rotatable bonds is 2. The Bertz CT molecular complexity index is 545. The van der Waals surface area contributed by atoms with Gasteiger partial charge in [0.05, 0.1) is 11.9 Å².